The Morgan fingerprint density at radius 1 is 0.842 bits per heavy atom. The molecule has 0 aliphatic rings. The zero-order chi connectivity index (χ0) is 14.7. The van der Waals surface area contributed by atoms with Gasteiger partial charge in [0.05, 0.1) is 0 Å². The van der Waals surface area contributed by atoms with Crippen LogP contribution in [-0.4, -0.2) is 11.1 Å². The van der Waals surface area contributed by atoms with Crippen molar-refractivity contribution in [3.8, 4) is 0 Å². The van der Waals surface area contributed by atoms with E-state index in [2.05, 4.69) is 36.7 Å². The van der Waals surface area contributed by atoms with Gasteiger partial charge in [-0.05, 0) is 37.5 Å². The molecule has 0 amide bonds. The lowest BCUT2D eigenvalue weighted by Gasteiger charge is -2.15. The average molecular weight is 333 g/mol. The topological polar surface area (TPSA) is 17.1 Å². The van der Waals surface area contributed by atoms with E-state index in [1.807, 2.05) is 0 Å². The summed E-state index contributed by atoms with van der Waals surface area (Å²) in [4.78, 5) is 10.9. The molecule has 0 radical (unpaired) electrons. The minimum Gasteiger partial charge on any atom is -0.300 e. The minimum atomic E-state index is 0.334. The standard InChI is InChI=1S/C17H33BrO/c1-14(8-6-10-16(3)13-18)7-5-9-15(2)11-12-17(4)19/h14-16H,5-13H2,1-4H3. The van der Waals surface area contributed by atoms with Crippen molar-refractivity contribution in [3.05, 3.63) is 0 Å². The molecule has 0 N–H and O–H groups in total. The molecule has 0 spiro atoms. The maximum Gasteiger partial charge on any atom is 0.129 e. The molecule has 0 aliphatic heterocycles. The summed E-state index contributed by atoms with van der Waals surface area (Å²) in [6.45, 7) is 8.68. The Labute approximate surface area is 129 Å². The number of halogens is 1. The van der Waals surface area contributed by atoms with E-state index < -0.39 is 0 Å². The van der Waals surface area contributed by atoms with Crippen molar-refractivity contribution in [2.24, 2.45) is 17.8 Å². The SMILES string of the molecule is CC(=O)CCC(C)CCCC(C)CCCC(C)CBr. The minimum absolute atomic E-state index is 0.334. The Morgan fingerprint density at radius 3 is 1.68 bits per heavy atom. The second-order valence-electron chi connectivity index (χ2n) is 6.57. The summed E-state index contributed by atoms with van der Waals surface area (Å²) in [5.41, 5.74) is 0. The highest BCUT2D eigenvalue weighted by molar-refractivity contribution is 9.09. The van der Waals surface area contributed by atoms with Crippen molar-refractivity contribution in [1.82, 2.24) is 0 Å². The van der Waals surface area contributed by atoms with Crippen LogP contribution in [0.15, 0.2) is 0 Å². The number of rotatable bonds is 12. The van der Waals surface area contributed by atoms with Gasteiger partial charge >= 0.3 is 0 Å². The van der Waals surface area contributed by atoms with Gasteiger partial charge in [-0.25, -0.2) is 0 Å². The van der Waals surface area contributed by atoms with Gasteiger partial charge in [-0.15, -0.1) is 0 Å². The third kappa shape index (κ3) is 12.9. The number of alkyl halides is 1. The van der Waals surface area contributed by atoms with Crippen LogP contribution in [0.1, 0.15) is 79.1 Å². The number of ketones is 1. The first kappa shape index (κ1) is 19.1. The van der Waals surface area contributed by atoms with Crippen molar-refractivity contribution in [2.75, 3.05) is 5.33 Å². The lowest BCUT2D eigenvalue weighted by molar-refractivity contribution is -0.117. The monoisotopic (exact) mass is 332 g/mol. The fourth-order valence-electron chi connectivity index (χ4n) is 2.45. The van der Waals surface area contributed by atoms with Crippen LogP contribution in [0.3, 0.4) is 0 Å². The van der Waals surface area contributed by atoms with Gasteiger partial charge in [0.25, 0.3) is 0 Å². The normalized spacial score (nSPS) is 16.1. The van der Waals surface area contributed by atoms with E-state index in [9.17, 15) is 4.79 Å². The maximum absolute atomic E-state index is 10.9. The molecule has 3 atom stereocenters. The largest absolute Gasteiger partial charge is 0.300 e. The van der Waals surface area contributed by atoms with Crippen LogP contribution in [0.5, 0.6) is 0 Å². The zero-order valence-corrected chi connectivity index (χ0v) is 15.0. The Morgan fingerprint density at radius 2 is 1.26 bits per heavy atom. The molecule has 2 heteroatoms. The molecule has 114 valence electrons. The highest BCUT2D eigenvalue weighted by Crippen LogP contribution is 2.21. The van der Waals surface area contributed by atoms with Gasteiger partial charge in [-0.3, -0.25) is 0 Å². The molecular weight excluding hydrogens is 300 g/mol. The molecule has 0 aliphatic carbocycles. The van der Waals surface area contributed by atoms with Gasteiger partial charge in [0, 0.05) is 11.8 Å². The number of hydrogen-bond acceptors (Lipinski definition) is 1. The summed E-state index contributed by atoms with van der Waals surface area (Å²) in [5.74, 6) is 2.73. The van der Waals surface area contributed by atoms with Crippen molar-refractivity contribution < 1.29 is 4.79 Å². The molecule has 0 rings (SSSR count). The smallest absolute Gasteiger partial charge is 0.129 e. The summed E-state index contributed by atoms with van der Waals surface area (Å²) in [6.07, 6.45) is 9.90. The molecule has 0 heterocycles. The Kier molecular flexibility index (Phi) is 12.0. The first-order chi connectivity index (χ1) is 8.95. The van der Waals surface area contributed by atoms with Crippen molar-refractivity contribution in [1.29, 1.82) is 0 Å². The molecule has 0 saturated carbocycles. The fraction of sp³-hybridized carbons (Fsp3) is 0.941. The lowest BCUT2D eigenvalue weighted by atomic mass is 9.92. The molecule has 0 saturated heterocycles. The predicted octanol–water partition coefficient (Wildman–Crippen LogP) is 6.00. The summed E-state index contributed by atoms with van der Waals surface area (Å²) >= 11 is 3.54. The molecular formula is C17H33BrO. The Bertz CT molecular complexity index is 227. The van der Waals surface area contributed by atoms with Gasteiger partial charge in [-0.2, -0.15) is 0 Å². The van der Waals surface area contributed by atoms with Crippen LogP contribution in [0.4, 0.5) is 0 Å². The van der Waals surface area contributed by atoms with E-state index >= 15 is 0 Å². The van der Waals surface area contributed by atoms with E-state index in [-0.39, 0.29) is 0 Å². The van der Waals surface area contributed by atoms with Crippen LogP contribution in [0.2, 0.25) is 0 Å². The first-order valence-corrected chi connectivity index (χ1v) is 9.13. The van der Waals surface area contributed by atoms with E-state index in [0.29, 0.717) is 11.7 Å². The van der Waals surface area contributed by atoms with E-state index in [4.69, 9.17) is 0 Å². The van der Waals surface area contributed by atoms with Crippen molar-refractivity contribution in [2.45, 2.75) is 79.1 Å². The summed E-state index contributed by atoms with van der Waals surface area (Å²) < 4.78 is 0. The third-order valence-electron chi connectivity index (χ3n) is 4.04. The molecule has 0 bridgehead atoms. The number of hydrogen-bond donors (Lipinski definition) is 0. The van der Waals surface area contributed by atoms with Crippen LogP contribution < -0.4 is 0 Å². The molecule has 0 aromatic rings. The van der Waals surface area contributed by atoms with Crippen molar-refractivity contribution in [3.63, 3.8) is 0 Å². The van der Waals surface area contributed by atoms with E-state index in [1.165, 1.54) is 38.5 Å². The first-order valence-electron chi connectivity index (χ1n) is 8.01. The van der Waals surface area contributed by atoms with Gasteiger partial charge in [-0.1, -0.05) is 68.8 Å². The Balaban J connectivity index is 3.46. The van der Waals surface area contributed by atoms with Crippen LogP contribution in [0, 0.1) is 17.8 Å². The molecule has 0 fully saturated rings. The molecule has 0 aromatic heterocycles. The fourth-order valence-corrected chi connectivity index (χ4v) is 2.77. The summed E-state index contributed by atoms with van der Waals surface area (Å²) in [6, 6.07) is 0. The summed E-state index contributed by atoms with van der Waals surface area (Å²) in [5, 5.41) is 1.13. The molecule has 19 heavy (non-hydrogen) atoms. The number of carbonyl (C=O) groups excluding carboxylic acids is 1. The number of Topliss-reactive ketones (excluding diaryl/α,β-unsaturated/α-hetero) is 1. The maximum atomic E-state index is 10.9. The average Bonchev–Trinajstić information content (AvgIpc) is 2.36. The lowest BCUT2D eigenvalue weighted by Crippen LogP contribution is -2.02. The van der Waals surface area contributed by atoms with Crippen LogP contribution >= 0.6 is 15.9 Å². The second kappa shape index (κ2) is 11.9. The Hall–Kier alpha value is 0.150. The predicted molar refractivity (Wildman–Crippen MR) is 88.9 cm³/mol. The van der Waals surface area contributed by atoms with Gasteiger partial charge < -0.3 is 4.79 Å². The molecule has 1 nitrogen and oxygen atoms in total. The second-order valence-corrected chi connectivity index (χ2v) is 7.22. The van der Waals surface area contributed by atoms with Gasteiger partial charge in [0.1, 0.15) is 5.78 Å². The number of carbonyl (C=O) groups is 1. The highest BCUT2D eigenvalue weighted by Gasteiger charge is 2.07. The highest BCUT2D eigenvalue weighted by atomic mass is 79.9. The summed E-state index contributed by atoms with van der Waals surface area (Å²) in [7, 11) is 0. The van der Waals surface area contributed by atoms with Crippen LogP contribution in [0.25, 0.3) is 0 Å². The van der Waals surface area contributed by atoms with Gasteiger partial charge in [0.2, 0.25) is 0 Å². The third-order valence-corrected chi connectivity index (χ3v) is 5.15. The van der Waals surface area contributed by atoms with Gasteiger partial charge in [0.15, 0.2) is 0 Å². The molecule has 0 aromatic carbocycles. The van der Waals surface area contributed by atoms with Crippen molar-refractivity contribution >= 4 is 21.7 Å². The quantitative estimate of drug-likeness (QED) is 0.400. The molecule has 3 unspecified atom stereocenters. The van der Waals surface area contributed by atoms with E-state index in [0.717, 1.165) is 30.0 Å². The van der Waals surface area contributed by atoms with Crippen LogP contribution in [-0.2, 0) is 4.79 Å². The van der Waals surface area contributed by atoms with E-state index in [1.54, 1.807) is 6.92 Å². The zero-order valence-electron chi connectivity index (χ0n) is 13.4.